The quantitative estimate of drug-likeness (QED) is 0.533. The fourth-order valence-corrected chi connectivity index (χ4v) is 5.76. The molecule has 6 rings (SSSR count). The lowest BCUT2D eigenvalue weighted by molar-refractivity contribution is -0.153. The van der Waals surface area contributed by atoms with Crippen LogP contribution in [0.3, 0.4) is 0 Å². The number of benzene rings is 2. The Kier molecular flexibility index (Phi) is 5.01. The van der Waals surface area contributed by atoms with E-state index in [1.54, 1.807) is 17.9 Å². The monoisotopic (exact) mass is 494 g/mol. The van der Waals surface area contributed by atoms with Crippen LogP contribution in [0.2, 0.25) is 0 Å². The van der Waals surface area contributed by atoms with Crippen molar-refractivity contribution in [3.8, 4) is 5.88 Å². The number of carbonyl (C=O) groups is 3. The van der Waals surface area contributed by atoms with Gasteiger partial charge in [0.2, 0.25) is 17.4 Å². The molecular formula is C25H23FN4O6. The lowest BCUT2D eigenvalue weighted by atomic mass is 9.66. The first-order chi connectivity index (χ1) is 17.3. The molecule has 2 saturated heterocycles. The van der Waals surface area contributed by atoms with E-state index in [9.17, 15) is 14.4 Å². The molecule has 1 spiro atoms. The number of nitrogens with zero attached hydrogens (tertiary/aromatic N) is 2. The highest BCUT2D eigenvalue weighted by Gasteiger charge is 2.63. The van der Waals surface area contributed by atoms with Gasteiger partial charge in [0, 0.05) is 13.0 Å². The number of amides is 4. The van der Waals surface area contributed by atoms with Gasteiger partial charge in [-0.15, -0.1) is 0 Å². The number of halogens is 1. The van der Waals surface area contributed by atoms with Gasteiger partial charge >= 0.3 is 6.03 Å². The number of barbiturate groups is 1. The van der Waals surface area contributed by atoms with Gasteiger partial charge in [-0.05, 0) is 36.2 Å². The summed E-state index contributed by atoms with van der Waals surface area (Å²) >= 11 is 0. The molecule has 4 amide bonds. The lowest BCUT2D eigenvalue weighted by Crippen LogP contribution is -2.75. The summed E-state index contributed by atoms with van der Waals surface area (Å²) in [5, 5.41) is 8.67. The van der Waals surface area contributed by atoms with E-state index < -0.39 is 41.2 Å². The predicted octanol–water partition coefficient (Wildman–Crippen LogP) is 2.44. The van der Waals surface area contributed by atoms with Crippen LogP contribution in [0.5, 0.6) is 5.88 Å². The fourth-order valence-electron chi connectivity index (χ4n) is 5.76. The number of carbonyl (C=O) groups excluding carboxylic acids is 3. The van der Waals surface area contributed by atoms with Gasteiger partial charge in [0.1, 0.15) is 6.61 Å². The van der Waals surface area contributed by atoms with E-state index in [0.29, 0.717) is 5.56 Å². The summed E-state index contributed by atoms with van der Waals surface area (Å²) in [5.41, 5.74) is -0.257. The fraction of sp³-hybridized carbons (Fsp3) is 0.360. The Labute approximate surface area is 204 Å². The molecular weight excluding hydrogens is 471 g/mol. The summed E-state index contributed by atoms with van der Waals surface area (Å²) in [6.07, 6.45) is -1.06. The molecule has 4 heterocycles. The molecule has 0 saturated carbocycles. The molecule has 3 aromatic rings. The van der Waals surface area contributed by atoms with E-state index >= 15 is 4.39 Å². The predicted molar refractivity (Wildman–Crippen MR) is 124 cm³/mol. The molecule has 2 fully saturated rings. The average molecular weight is 494 g/mol. The van der Waals surface area contributed by atoms with Crippen LogP contribution >= 0.6 is 0 Å². The normalized spacial score (nSPS) is 24.8. The molecule has 3 aliphatic heterocycles. The highest BCUT2D eigenvalue weighted by Crippen LogP contribution is 2.49. The van der Waals surface area contributed by atoms with Gasteiger partial charge in [0.05, 0.1) is 29.3 Å². The third-order valence-electron chi connectivity index (χ3n) is 7.15. The Hall–Kier alpha value is -3.99. The standard InChI is InChI=1S/C25H23FN4O6/c1-12-10-30-18-15(9-25(20(30)13(2)35-12)22(31)27-24(33)28-23(25)32)8-16-19(17(18)26)36-29-21(16)34-11-14-6-4-3-5-7-14/h3-8,12-13,20H,9-11H2,1-2H3,(H2,27,28,31,32,33)/t12-,13+,20-/m0/s1. The first-order valence-electron chi connectivity index (χ1n) is 11.7. The minimum absolute atomic E-state index is 0.0777. The first kappa shape index (κ1) is 22.5. The van der Waals surface area contributed by atoms with Gasteiger partial charge in [-0.2, -0.15) is 0 Å². The second-order valence-corrected chi connectivity index (χ2v) is 9.47. The van der Waals surface area contributed by atoms with Crippen molar-refractivity contribution < 1.29 is 32.8 Å². The van der Waals surface area contributed by atoms with Crippen molar-refractivity contribution in [2.24, 2.45) is 5.41 Å². The van der Waals surface area contributed by atoms with Gasteiger partial charge < -0.3 is 18.9 Å². The van der Waals surface area contributed by atoms with Crippen molar-refractivity contribution >= 4 is 34.5 Å². The largest absolute Gasteiger partial charge is 0.470 e. The summed E-state index contributed by atoms with van der Waals surface area (Å²) in [5.74, 6) is -2.04. The molecule has 3 atom stereocenters. The van der Waals surface area contributed by atoms with Gasteiger partial charge in [0.25, 0.3) is 5.88 Å². The summed E-state index contributed by atoms with van der Waals surface area (Å²) in [6, 6.07) is 9.32. The Morgan fingerprint density at radius 2 is 1.89 bits per heavy atom. The van der Waals surface area contributed by atoms with Gasteiger partial charge in [-0.1, -0.05) is 30.3 Å². The van der Waals surface area contributed by atoms with E-state index in [0.717, 1.165) is 5.56 Å². The highest BCUT2D eigenvalue weighted by atomic mass is 19.1. The number of hydrogen-bond donors (Lipinski definition) is 2. The zero-order valence-corrected chi connectivity index (χ0v) is 19.5. The van der Waals surface area contributed by atoms with Crippen molar-refractivity contribution in [3.05, 3.63) is 53.3 Å². The molecule has 0 unspecified atom stereocenters. The van der Waals surface area contributed by atoms with E-state index in [1.807, 2.05) is 37.3 Å². The smallest absolute Gasteiger partial charge is 0.328 e. The second kappa shape index (κ2) is 8.02. The van der Waals surface area contributed by atoms with Crippen LogP contribution in [0.15, 0.2) is 40.9 Å². The molecule has 0 aliphatic carbocycles. The Morgan fingerprint density at radius 1 is 1.17 bits per heavy atom. The Balaban J connectivity index is 1.49. The molecule has 36 heavy (non-hydrogen) atoms. The van der Waals surface area contributed by atoms with Crippen molar-refractivity contribution in [1.29, 1.82) is 0 Å². The first-order valence-corrected chi connectivity index (χ1v) is 11.7. The van der Waals surface area contributed by atoms with Crippen LogP contribution in [0.1, 0.15) is 25.0 Å². The van der Waals surface area contributed by atoms with Crippen LogP contribution in [0.25, 0.3) is 11.0 Å². The summed E-state index contributed by atoms with van der Waals surface area (Å²) in [4.78, 5) is 40.1. The van der Waals surface area contributed by atoms with Crippen molar-refractivity contribution in [1.82, 2.24) is 15.8 Å². The topological polar surface area (TPSA) is 123 Å². The number of anilines is 1. The highest BCUT2D eigenvalue weighted by molar-refractivity contribution is 6.20. The minimum atomic E-state index is -1.71. The maximum Gasteiger partial charge on any atom is 0.328 e. The van der Waals surface area contributed by atoms with Crippen molar-refractivity contribution in [2.45, 2.75) is 45.1 Å². The van der Waals surface area contributed by atoms with Crippen LogP contribution in [0.4, 0.5) is 14.9 Å². The van der Waals surface area contributed by atoms with Crippen LogP contribution in [0, 0.1) is 11.2 Å². The zero-order chi connectivity index (χ0) is 25.2. The number of ether oxygens (including phenoxy) is 2. The third-order valence-corrected chi connectivity index (χ3v) is 7.15. The third kappa shape index (κ3) is 3.19. The van der Waals surface area contributed by atoms with Gasteiger partial charge in [-0.25, -0.2) is 9.18 Å². The molecule has 1 aromatic heterocycles. The number of aromatic nitrogens is 1. The minimum Gasteiger partial charge on any atom is -0.470 e. The van der Waals surface area contributed by atoms with E-state index in [-0.39, 0.29) is 48.2 Å². The molecule has 3 aliphatic rings. The summed E-state index contributed by atoms with van der Waals surface area (Å²) in [6.45, 7) is 3.99. The molecule has 11 heteroatoms. The SMILES string of the molecule is C[C@H]1CN2c3c(cc4c(OCc5ccccc5)noc4c3F)CC3(C(=O)NC(=O)NC3=O)[C@@H]2[C@@H](C)O1. The maximum absolute atomic E-state index is 16.0. The maximum atomic E-state index is 16.0. The number of fused-ring (bicyclic) bond motifs is 5. The number of morpholine rings is 1. The van der Waals surface area contributed by atoms with Crippen molar-refractivity contribution in [2.75, 3.05) is 11.4 Å². The zero-order valence-electron chi connectivity index (χ0n) is 19.5. The van der Waals surface area contributed by atoms with Crippen LogP contribution in [-0.4, -0.2) is 47.8 Å². The molecule has 2 aromatic carbocycles. The molecule has 0 bridgehead atoms. The second-order valence-electron chi connectivity index (χ2n) is 9.47. The lowest BCUT2D eigenvalue weighted by Gasteiger charge is -2.55. The Morgan fingerprint density at radius 3 is 2.61 bits per heavy atom. The summed E-state index contributed by atoms with van der Waals surface area (Å²) < 4.78 is 33.2. The average Bonchev–Trinajstić information content (AvgIpc) is 3.24. The van der Waals surface area contributed by atoms with Crippen molar-refractivity contribution in [3.63, 3.8) is 0 Å². The number of rotatable bonds is 3. The van der Waals surface area contributed by atoms with E-state index in [4.69, 9.17) is 14.0 Å². The van der Waals surface area contributed by atoms with E-state index in [1.165, 1.54) is 0 Å². The number of hydrogen-bond acceptors (Lipinski definition) is 8. The molecule has 10 nitrogen and oxygen atoms in total. The molecule has 2 N–H and O–H groups in total. The summed E-state index contributed by atoms with van der Waals surface area (Å²) in [7, 11) is 0. The number of imide groups is 2. The van der Waals surface area contributed by atoms with Crippen LogP contribution < -0.4 is 20.3 Å². The van der Waals surface area contributed by atoms with Gasteiger partial charge in [0.15, 0.2) is 11.2 Å². The number of urea groups is 1. The van der Waals surface area contributed by atoms with E-state index in [2.05, 4.69) is 15.8 Å². The molecule has 186 valence electrons. The molecule has 0 radical (unpaired) electrons. The van der Waals surface area contributed by atoms with Gasteiger partial charge in [-0.3, -0.25) is 20.2 Å². The Bertz CT molecular complexity index is 1390. The van der Waals surface area contributed by atoms with Crippen LogP contribution in [-0.2, 0) is 27.4 Å². The number of nitrogens with one attached hydrogen (secondary N) is 2.